The molecule has 0 amide bonds. The van der Waals surface area contributed by atoms with Crippen LogP contribution in [0.1, 0.15) is 6.42 Å². The highest BCUT2D eigenvalue weighted by Crippen LogP contribution is 2.25. The number of halogens is 1. The summed E-state index contributed by atoms with van der Waals surface area (Å²) in [4.78, 5) is 0. The van der Waals surface area contributed by atoms with Gasteiger partial charge in [-0.2, -0.15) is 0 Å². The van der Waals surface area contributed by atoms with E-state index in [4.69, 9.17) is 9.84 Å². The molecule has 1 atom stereocenters. The van der Waals surface area contributed by atoms with Crippen molar-refractivity contribution in [3.05, 3.63) is 0 Å². The molecule has 1 spiro atoms. The molecule has 3 nitrogen and oxygen atoms in total. The quantitative estimate of drug-likeness (QED) is 0.461. The summed E-state index contributed by atoms with van der Waals surface area (Å²) in [6, 6.07) is 0. The predicted octanol–water partition coefficient (Wildman–Crippen LogP) is -1.49. The van der Waals surface area contributed by atoms with Gasteiger partial charge in [0.1, 0.15) is 13.1 Å². The predicted molar refractivity (Wildman–Crippen MR) is 38.2 cm³/mol. The molecular weight excluding hydrogens is 154 g/mol. The van der Waals surface area contributed by atoms with Gasteiger partial charge < -0.3 is 15.2 Å². The first kappa shape index (κ1) is 8.27. The molecule has 2 fully saturated rings. The van der Waals surface area contributed by atoms with E-state index in [1.165, 1.54) is 0 Å². The third kappa shape index (κ3) is 1.14. The van der Waals surface area contributed by atoms with E-state index in [-0.39, 0.29) is 24.1 Å². The van der Waals surface area contributed by atoms with Gasteiger partial charge in [-0.25, -0.2) is 0 Å². The monoisotopic (exact) mass is 166 g/mol. The second kappa shape index (κ2) is 2.66. The zero-order valence-corrected chi connectivity index (χ0v) is 6.56. The van der Waals surface area contributed by atoms with Gasteiger partial charge in [0, 0.05) is 6.42 Å². The summed E-state index contributed by atoms with van der Waals surface area (Å²) in [6.45, 7) is 2.64. The molecule has 0 bridgehead atoms. The van der Waals surface area contributed by atoms with Crippen LogP contribution < -0.4 is 5.32 Å². The molecule has 0 aromatic rings. The minimum atomic E-state index is -0.196. The Kier molecular flexibility index (Phi) is 2.20. The average molecular weight is 167 g/mol. The molecule has 2 aliphatic heterocycles. The molecule has 1 unspecified atom stereocenters. The summed E-state index contributed by atoms with van der Waals surface area (Å²) in [6.07, 6.45) is 0.655. The first-order valence-corrected chi connectivity index (χ1v) is 3.44. The zero-order valence-electron chi connectivity index (χ0n) is 5.75. The van der Waals surface area contributed by atoms with Crippen molar-refractivity contribution in [1.82, 2.24) is 0 Å². The van der Waals surface area contributed by atoms with Crippen LogP contribution in [0.2, 0.25) is 0 Å². The number of rotatable bonds is 0. The van der Waals surface area contributed by atoms with Crippen LogP contribution in [0, 0.1) is 0 Å². The van der Waals surface area contributed by atoms with E-state index in [9.17, 15) is 0 Å². The lowest BCUT2D eigenvalue weighted by Crippen LogP contribution is -3.02. The summed E-state index contributed by atoms with van der Waals surface area (Å²) >= 11 is 0. The van der Waals surface area contributed by atoms with Gasteiger partial charge in [-0.05, 0) is 0 Å². The van der Waals surface area contributed by atoms with E-state index in [1.807, 2.05) is 0 Å². The smallest absolute Gasteiger partial charge is 0.167 e. The summed E-state index contributed by atoms with van der Waals surface area (Å²) in [5.74, 6) is 0. The average Bonchev–Trinajstić information content (AvgIpc) is 2.09. The summed E-state index contributed by atoms with van der Waals surface area (Å²) < 4.78 is 5.41. The summed E-state index contributed by atoms with van der Waals surface area (Å²) in [5.41, 5.74) is 0.0828. The number of hydrogen-bond donors (Lipinski definition) is 2. The van der Waals surface area contributed by atoms with E-state index in [1.54, 1.807) is 0 Å². The minimum Gasteiger partial charge on any atom is -0.391 e. The third-order valence-electron chi connectivity index (χ3n) is 2.22. The van der Waals surface area contributed by atoms with E-state index in [2.05, 4.69) is 5.32 Å². The Bertz CT molecular complexity index is 127. The molecule has 0 aliphatic carbocycles. The van der Waals surface area contributed by atoms with Crippen LogP contribution in [0.25, 0.3) is 0 Å². The lowest BCUT2D eigenvalue weighted by atomic mass is 9.93. The highest BCUT2D eigenvalue weighted by atomic mass is 35.5. The molecule has 0 saturated carbocycles. The van der Waals surface area contributed by atoms with Crippen molar-refractivity contribution in [3.8, 4) is 0 Å². The molecule has 0 aromatic carbocycles. The SMILES string of the molecule is Cl.OC1COC2(C[NH2+]C2)C1. The van der Waals surface area contributed by atoms with E-state index < -0.39 is 0 Å². The Labute approximate surface area is 66.2 Å². The van der Waals surface area contributed by atoms with Gasteiger partial charge in [-0.15, -0.1) is 12.4 Å². The number of aliphatic hydroxyl groups excluding tert-OH is 1. The van der Waals surface area contributed by atoms with E-state index in [0.717, 1.165) is 19.5 Å². The van der Waals surface area contributed by atoms with Gasteiger partial charge >= 0.3 is 0 Å². The molecule has 2 aliphatic rings. The van der Waals surface area contributed by atoms with Gasteiger partial charge in [0.15, 0.2) is 5.60 Å². The van der Waals surface area contributed by atoms with Crippen molar-refractivity contribution in [2.75, 3.05) is 19.7 Å². The van der Waals surface area contributed by atoms with E-state index >= 15 is 0 Å². The fourth-order valence-electron chi connectivity index (χ4n) is 1.57. The van der Waals surface area contributed by atoms with Crippen molar-refractivity contribution >= 4 is 12.4 Å². The van der Waals surface area contributed by atoms with Crippen molar-refractivity contribution in [2.24, 2.45) is 0 Å². The lowest BCUT2D eigenvalue weighted by molar-refractivity contribution is -0.741. The molecule has 0 aromatic heterocycles. The van der Waals surface area contributed by atoms with Gasteiger partial charge in [-0.3, -0.25) is 0 Å². The summed E-state index contributed by atoms with van der Waals surface area (Å²) in [7, 11) is 0. The van der Waals surface area contributed by atoms with Gasteiger partial charge in [-0.1, -0.05) is 0 Å². The van der Waals surface area contributed by atoms with Crippen LogP contribution in [-0.4, -0.2) is 36.5 Å². The molecule has 3 N–H and O–H groups in total. The number of hydrogen-bond acceptors (Lipinski definition) is 2. The standard InChI is InChI=1S/C6H11NO2.ClH/c8-5-1-6(9-2-5)3-7-4-6;/h5,7-8H,1-4H2;1H/p+1. The molecule has 2 rings (SSSR count). The first-order chi connectivity index (χ1) is 4.31. The maximum Gasteiger partial charge on any atom is 0.167 e. The molecule has 2 saturated heterocycles. The normalized spacial score (nSPS) is 35.1. The number of quaternary nitrogens is 1. The number of nitrogens with two attached hydrogens (primary N) is 1. The number of ether oxygens (including phenoxy) is 1. The van der Waals surface area contributed by atoms with Crippen molar-refractivity contribution in [3.63, 3.8) is 0 Å². The maximum atomic E-state index is 9.09. The largest absolute Gasteiger partial charge is 0.391 e. The molecule has 2 heterocycles. The molecule has 10 heavy (non-hydrogen) atoms. The van der Waals surface area contributed by atoms with Crippen LogP contribution in [0.4, 0.5) is 0 Å². The van der Waals surface area contributed by atoms with Gasteiger partial charge in [0.25, 0.3) is 0 Å². The first-order valence-electron chi connectivity index (χ1n) is 3.44. The Balaban J connectivity index is 0.000000500. The van der Waals surface area contributed by atoms with Crippen LogP contribution in [0.5, 0.6) is 0 Å². The molecule has 0 radical (unpaired) electrons. The maximum absolute atomic E-state index is 9.09. The zero-order chi connectivity index (χ0) is 6.32. The third-order valence-corrected chi connectivity index (χ3v) is 2.22. The highest BCUT2D eigenvalue weighted by molar-refractivity contribution is 5.85. The topological polar surface area (TPSA) is 46.1 Å². The molecule has 4 heteroatoms. The molecular formula is C6H13ClNO2+. The Morgan fingerprint density at radius 2 is 2.20 bits per heavy atom. The lowest BCUT2D eigenvalue weighted by Gasteiger charge is -2.33. The second-order valence-corrected chi connectivity index (χ2v) is 3.05. The van der Waals surface area contributed by atoms with Gasteiger partial charge in [0.2, 0.25) is 0 Å². The highest BCUT2D eigenvalue weighted by Gasteiger charge is 2.48. The fourth-order valence-corrected chi connectivity index (χ4v) is 1.57. The van der Waals surface area contributed by atoms with Crippen LogP contribution >= 0.6 is 12.4 Å². The Morgan fingerprint density at radius 1 is 1.50 bits per heavy atom. The van der Waals surface area contributed by atoms with Crippen LogP contribution in [0.15, 0.2) is 0 Å². The summed E-state index contributed by atoms with van der Waals surface area (Å²) in [5, 5.41) is 11.3. The van der Waals surface area contributed by atoms with Crippen LogP contribution in [0.3, 0.4) is 0 Å². The van der Waals surface area contributed by atoms with Crippen molar-refractivity contribution < 1.29 is 15.2 Å². The van der Waals surface area contributed by atoms with Crippen molar-refractivity contribution in [2.45, 2.75) is 18.1 Å². The molecule has 60 valence electrons. The fraction of sp³-hybridized carbons (Fsp3) is 1.00. The van der Waals surface area contributed by atoms with Crippen molar-refractivity contribution in [1.29, 1.82) is 0 Å². The second-order valence-electron chi connectivity index (χ2n) is 3.05. The number of aliphatic hydroxyl groups is 1. The van der Waals surface area contributed by atoms with E-state index in [0.29, 0.717) is 6.61 Å². The Morgan fingerprint density at radius 3 is 2.40 bits per heavy atom. The van der Waals surface area contributed by atoms with Crippen LogP contribution in [-0.2, 0) is 4.74 Å². The van der Waals surface area contributed by atoms with Gasteiger partial charge in [0.05, 0.1) is 12.7 Å². The Hall–Kier alpha value is 0.170. The minimum absolute atomic E-state index is 0.